The van der Waals surface area contributed by atoms with Crippen molar-refractivity contribution in [2.75, 3.05) is 11.5 Å². The van der Waals surface area contributed by atoms with Crippen LogP contribution in [0.25, 0.3) is 0 Å². The van der Waals surface area contributed by atoms with Crippen LogP contribution in [0.5, 0.6) is 0 Å². The van der Waals surface area contributed by atoms with Gasteiger partial charge in [-0.05, 0) is 31.4 Å². The summed E-state index contributed by atoms with van der Waals surface area (Å²) in [5.74, 6) is -0.986. The van der Waals surface area contributed by atoms with E-state index < -0.39 is 21.5 Å². The van der Waals surface area contributed by atoms with Gasteiger partial charge in [0.05, 0.1) is 10.6 Å². The van der Waals surface area contributed by atoms with Crippen LogP contribution in [-0.4, -0.2) is 26.1 Å². The second kappa shape index (κ2) is 6.47. The van der Waals surface area contributed by atoms with Gasteiger partial charge in [0, 0.05) is 6.04 Å². The van der Waals surface area contributed by atoms with E-state index in [-0.39, 0.29) is 16.6 Å². The van der Waals surface area contributed by atoms with Crippen LogP contribution in [0.4, 0.5) is 5.69 Å². The maximum absolute atomic E-state index is 12.3. The molecule has 0 atom stereocenters. The zero-order valence-corrected chi connectivity index (χ0v) is 13.1. The van der Waals surface area contributed by atoms with Crippen molar-refractivity contribution in [3.8, 4) is 0 Å². The molecular weight excluding hydrogens is 288 g/mol. The fourth-order valence-electron chi connectivity index (χ4n) is 2.69. The maximum Gasteiger partial charge on any atom is 0.235 e. The van der Waals surface area contributed by atoms with Gasteiger partial charge in [0.1, 0.15) is 5.75 Å². The minimum Gasteiger partial charge on any atom is -0.397 e. The van der Waals surface area contributed by atoms with Crippen LogP contribution >= 0.6 is 0 Å². The van der Waals surface area contributed by atoms with Crippen LogP contribution < -0.4 is 11.1 Å². The molecule has 1 amide bonds. The lowest BCUT2D eigenvalue weighted by molar-refractivity contribution is -0.119. The third-order valence-corrected chi connectivity index (χ3v) is 5.58. The van der Waals surface area contributed by atoms with E-state index in [1.54, 1.807) is 19.1 Å². The van der Waals surface area contributed by atoms with Crippen LogP contribution in [0.1, 0.15) is 37.7 Å². The molecular formula is C15H22N2O3S. The Labute approximate surface area is 125 Å². The molecule has 1 aromatic rings. The quantitative estimate of drug-likeness (QED) is 0.830. The lowest BCUT2D eigenvalue weighted by Gasteiger charge is -2.22. The second-order valence-electron chi connectivity index (χ2n) is 5.65. The number of aryl methyl sites for hydroxylation is 1. The lowest BCUT2D eigenvalue weighted by Crippen LogP contribution is -2.39. The number of hydrogen-bond acceptors (Lipinski definition) is 4. The van der Waals surface area contributed by atoms with Gasteiger partial charge < -0.3 is 11.1 Å². The molecule has 116 valence electrons. The van der Waals surface area contributed by atoms with Gasteiger partial charge in [0.2, 0.25) is 5.91 Å². The number of sulfone groups is 1. The predicted octanol–water partition coefficient (Wildman–Crippen LogP) is 1.80. The molecule has 6 heteroatoms. The number of benzene rings is 1. The SMILES string of the molecule is Cc1cccc(S(=O)(=O)CC(=O)NC2CCCCC2)c1N. The normalized spacial score (nSPS) is 16.6. The molecule has 1 aliphatic rings. The maximum atomic E-state index is 12.3. The summed E-state index contributed by atoms with van der Waals surface area (Å²) < 4.78 is 24.6. The number of carbonyl (C=O) groups excluding carboxylic acids is 1. The summed E-state index contributed by atoms with van der Waals surface area (Å²) in [6, 6.07) is 4.94. The monoisotopic (exact) mass is 310 g/mol. The summed E-state index contributed by atoms with van der Waals surface area (Å²) >= 11 is 0. The predicted molar refractivity (Wildman–Crippen MR) is 82.7 cm³/mol. The Morgan fingerprint density at radius 2 is 1.95 bits per heavy atom. The summed E-state index contributed by atoms with van der Waals surface area (Å²) in [5.41, 5.74) is 6.74. The van der Waals surface area contributed by atoms with E-state index in [0.29, 0.717) is 5.56 Å². The van der Waals surface area contributed by atoms with E-state index in [4.69, 9.17) is 5.73 Å². The zero-order valence-electron chi connectivity index (χ0n) is 12.3. The van der Waals surface area contributed by atoms with Crippen LogP contribution in [0, 0.1) is 6.92 Å². The number of anilines is 1. The highest BCUT2D eigenvalue weighted by Crippen LogP contribution is 2.23. The fourth-order valence-corrected chi connectivity index (χ4v) is 4.06. The van der Waals surface area contributed by atoms with Gasteiger partial charge in [0.25, 0.3) is 0 Å². The molecule has 1 fully saturated rings. The van der Waals surface area contributed by atoms with Gasteiger partial charge in [-0.3, -0.25) is 4.79 Å². The summed E-state index contributed by atoms with van der Waals surface area (Å²) in [5, 5.41) is 2.82. The van der Waals surface area contributed by atoms with Crippen molar-refractivity contribution in [3.05, 3.63) is 23.8 Å². The molecule has 21 heavy (non-hydrogen) atoms. The largest absolute Gasteiger partial charge is 0.397 e. The number of nitrogens with two attached hydrogens (primary N) is 1. The minimum absolute atomic E-state index is 0.0429. The van der Waals surface area contributed by atoms with E-state index in [2.05, 4.69) is 5.32 Å². The Hall–Kier alpha value is -1.56. The molecule has 2 rings (SSSR count). The van der Waals surface area contributed by atoms with Gasteiger partial charge in [0.15, 0.2) is 9.84 Å². The van der Waals surface area contributed by atoms with Crippen molar-refractivity contribution in [1.82, 2.24) is 5.32 Å². The number of rotatable bonds is 4. The first-order chi connectivity index (χ1) is 9.90. The molecule has 0 heterocycles. The summed E-state index contributed by atoms with van der Waals surface area (Å²) in [6.45, 7) is 1.75. The Morgan fingerprint density at radius 3 is 2.62 bits per heavy atom. The third-order valence-electron chi connectivity index (χ3n) is 3.91. The molecule has 1 aromatic carbocycles. The van der Waals surface area contributed by atoms with Crippen molar-refractivity contribution in [1.29, 1.82) is 0 Å². The average Bonchev–Trinajstić information content (AvgIpc) is 2.42. The number of para-hydroxylation sites is 1. The zero-order chi connectivity index (χ0) is 15.5. The molecule has 1 saturated carbocycles. The summed E-state index contributed by atoms with van der Waals surface area (Å²) in [6.07, 6.45) is 5.21. The Bertz CT molecular complexity index is 620. The van der Waals surface area contributed by atoms with Crippen molar-refractivity contribution in [3.63, 3.8) is 0 Å². The molecule has 0 spiro atoms. The minimum atomic E-state index is -3.70. The van der Waals surface area contributed by atoms with E-state index in [1.807, 2.05) is 0 Å². The summed E-state index contributed by atoms with van der Waals surface area (Å²) in [4.78, 5) is 12.0. The molecule has 0 saturated heterocycles. The van der Waals surface area contributed by atoms with Crippen molar-refractivity contribution in [2.24, 2.45) is 0 Å². The molecule has 0 bridgehead atoms. The van der Waals surface area contributed by atoms with E-state index in [9.17, 15) is 13.2 Å². The summed E-state index contributed by atoms with van der Waals surface area (Å²) in [7, 11) is -3.70. The molecule has 3 N–H and O–H groups in total. The van der Waals surface area contributed by atoms with E-state index in [0.717, 1.165) is 25.7 Å². The Kier molecular flexibility index (Phi) is 4.88. The average molecular weight is 310 g/mol. The Balaban J connectivity index is 2.06. The standard InChI is InChI=1S/C15H22N2O3S/c1-11-6-5-9-13(15(11)16)21(19,20)10-14(18)17-12-7-3-2-4-8-12/h5-6,9,12H,2-4,7-8,10,16H2,1H3,(H,17,18). The van der Waals surface area contributed by atoms with Crippen LogP contribution in [0.3, 0.4) is 0 Å². The second-order valence-corrected chi connectivity index (χ2v) is 7.61. The third kappa shape index (κ3) is 3.97. The number of nitrogen functional groups attached to an aromatic ring is 1. The van der Waals surface area contributed by atoms with Gasteiger partial charge in [-0.15, -0.1) is 0 Å². The lowest BCUT2D eigenvalue weighted by atomic mass is 9.95. The first kappa shape index (κ1) is 15.8. The highest BCUT2D eigenvalue weighted by atomic mass is 32.2. The molecule has 5 nitrogen and oxygen atoms in total. The first-order valence-electron chi connectivity index (χ1n) is 7.27. The van der Waals surface area contributed by atoms with Crippen LogP contribution in [-0.2, 0) is 14.6 Å². The molecule has 0 radical (unpaired) electrons. The van der Waals surface area contributed by atoms with Crippen LogP contribution in [0.15, 0.2) is 23.1 Å². The molecule has 1 aliphatic carbocycles. The number of carbonyl (C=O) groups is 1. The topological polar surface area (TPSA) is 89.3 Å². The highest BCUT2D eigenvalue weighted by Gasteiger charge is 2.24. The number of hydrogen-bond donors (Lipinski definition) is 2. The van der Waals surface area contributed by atoms with Crippen molar-refractivity contribution >= 4 is 21.4 Å². The van der Waals surface area contributed by atoms with E-state index in [1.165, 1.54) is 12.5 Å². The first-order valence-corrected chi connectivity index (χ1v) is 8.92. The van der Waals surface area contributed by atoms with Gasteiger partial charge in [-0.2, -0.15) is 0 Å². The highest BCUT2D eigenvalue weighted by molar-refractivity contribution is 7.92. The van der Waals surface area contributed by atoms with Crippen LogP contribution in [0.2, 0.25) is 0 Å². The fraction of sp³-hybridized carbons (Fsp3) is 0.533. The molecule has 0 unspecified atom stereocenters. The van der Waals surface area contributed by atoms with Gasteiger partial charge in [-0.1, -0.05) is 31.4 Å². The molecule has 0 aliphatic heterocycles. The number of nitrogens with one attached hydrogen (secondary N) is 1. The molecule has 0 aromatic heterocycles. The smallest absolute Gasteiger partial charge is 0.235 e. The van der Waals surface area contributed by atoms with Crippen molar-refractivity contribution < 1.29 is 13.2 Å². The van der Waals surface area contributed by atoms with Gasteiger partial charge in [-0.25, -0.2) is 8.42 Å². The van der Waals surface area contributed by atoms with E-state index >= 15 is 0 Å². The number of amides is 1. The van der Waals surface area contributed by atoms with Gasteiger partial charge >= 0.3 is 0 Å². The van der Waals surface area contributed by atoms with Crippen molar-refractivity contribution in [2.45, 2.75) is 50.0 Å². The Morgan fingerprint density at radius 1 is 1.29 bits per heavy atom.